The quantitative estimate of drug-likeness (QED) is 0.534. The van der Waals surface area contributed by atoms with E-state index in [-0.39, 0.29) is 27.1 Å². The Labute approximate surface area is 200 Å². The Morgan fingerprint density at radius 3 is 2.44 bits per heavy atom. The molecular weight excluding hydrogens is 481 g/mol. The van der Waals surface area contributed by atoms with E-state index in [0.717, 1.165) is 21.7 Å². The van der Waals surface area contributed by atoms with Gasteiger partial charge in [-0.05, 0) is 35.7 Å². The molecule has 3 aromatic rings. The number of thiophene rings is 1. The lowest BCUT2D eigenvalue weighted by Crippen LogP contribution is -2.41. The molecule has 8 nitrogen and oxygen atoms in total. The van der Waals surface area contributed by atoms with Gasteiger partial charge in [0.15, 0.2) is 0 Å². The molecule has 0 spiro atoms. The first-order chi connectivity index (χ1) is 16.4. The van der Waals surface area contributed by atoms with Gasteiger partial charge in [-0.1, -0.05) is 30.3 Å². The summed E-state index contributed by atoms with van der Waals surface area (Å²) in [5.41, 5.74) is 0.269. The summed E-state index contributed by atoms with van der Waals surface area (Å²) in [7, 11) is -4.20. The second-order valence-corrected chi connectivity index (χ2v) is 10.4. The Balaban J connectivity index is 1.60. The van der Waals surface area contributed by atoms with Crippen molar-refractivity contribution >= 4 is 44.5 Å². The molecule has 1 aromatic heterocycles. The lowest BCUT2D eigenvalue weighted by atomic mass is 10.1. The van der Waals surface area contributed by atoms with E-state index in [1.54, 1.807) is 40.6 Å². The normalized spacial score (nSPS) is 14.0. The summed E-state index contributed by atoms with van der Waals surface area (Å²) >= 11 is 0.968. The molecule has 2 aromatic carbocycles. The summed E-state index contributed by atoms with van der Waals surface area (Å²) < 4.78 is 47.0. The minimum Gasteiger partial charge on any atom is -0.378 e. The van der Waals surface area contributed by atoms with Crippen molar-refractivity contribution in [1.29, 1.82) is 0 Å². The van der Waals surface area contributed by atoms with Crippen molar-refractivity contribution in [3.8, 4) is 0 Å². The number of amides is 2. The van der Waals surface area contributed by atoms with E-state index in [1.165, 1.54) is 24.3 Å². The summed E-state index contributed by atoms with van der Waals surface area (Å²) in [6, 6.07) is 14.8. The third-order valence-electron chi connectivity index (χ3n) is 5.18. The molecule has 0 saturated carbocycles. The fraction of sp³-hybridized carbons (Fsp3) is 0.217. The van der Waals surface area contributed by atoms with E-state index in [4.69, 9.17) is 4.74 Å². The van der Waals surface area contributed by atoms with Crippen LogP contribution in [0.1, 0.15) is 10.4 Å². The molecule has 34 heavy (non-hydrogen) atoms. The molecule has 0 radical (unpaired) electrons. The van der Waals surface area contributed by atoms with Crippen molar-refractivity contribution < 1.29 is 27.1 Å². The van der Waals surface area contributed by atoms with Gasteiger partial charge in [-0.3, -0.25) is 13.9 Å². The molecule has 11 heteroatoms. The second-order valence-electron chi connectivity index (χ2n) is 7.39. The second kappa shape index (κ2) is 10.3. The number of para-hydroxylation sites is 2. The summed E-state index contributed by atoms with van der Waals surface area (Å²) in [5, 5.41) is 4.21. The van der Waals surface area contributed by atoms with Crippen LogP contribution in [-0.4, -0.2) is 58.0 Å². The number of nitrogens with zero attached hydrogens (tertiary/aromatic N) is 2. The zero-order chi connectivity index (χ0) is 24.1. The lowest BCUT2D eigenvalue weighted by molar-refractivity contribution is -0.114. The fourth-order valence-corrected chi connectivity index (χ4v) is 6.04. The van der Waals surface area contributed by atoms with Crippen molar-refractivity contribution in [2.24, 2.45) is 0 Å². The van der Waals surface area contributed by atoms with Crippen LogP contribution in [-0.2, 0) is 19.6 Å². The predicted octanol–water partition coefficient (Wildman–Crippen LogP) is 3.19. The Kier molecular flexibility index (Phi) is 7.25. The average Bonchev–Trinajstić information content (AvgIpc) is 3.40. The van der Waals surface area contributed by atoms with Crippen molar-refractivity contribution in [3.63, 3.8) is 0 Å². The van der Waals surface area contributed by atoms with E-state index in [1.807, 2.05) is 0 Å². The molecule has 178 valence electrons. The van der Waals surface area contributed by atoms with Crippen LogP contribution in [0.3, 0.4) is 0 Å². The maximum absolute atomic E-state index is 14.6. The van der Waals surface area contributed by atoms with Crippen LogP contribution >= 0.6 is 11.3 Å². The van der Waals surface area contributed by atoms with Crippen LogP contribution in [0.4, 0.5) is 15.8 Å². The number of benzene rings is 2. The van der Waals surface area contributed by atoms with Crippen LogP contribution in [0.15, 0.2) is 70.3 Å². The van der Waals surface area contributed by atoms with Gasteiger partial charge in [0.2, 0.25) is 5.91 Å². The SMILES string of the molecule is O=C(CN(c1ccccc1F)S(=O)(=O)c1cccs1)Nc1ccccc1C(=O)N1CCOCC1. The highest BCUT2D eigenvalue weighted by Gasteiger charge is 2.30. The lowest BCUT2D eigenvalue weighted by Gasteiger charge is -2.28. The average molecular weight is 504 g/mol. The van der Waals surface area contributed by atoms with Gasteiger partial charge in [0.25, 0.3) is 15.9 Å². The number of rotatable bonds is 7. The topological polar surface area (TPSA) is 96.0 Å². The minimum absolute atomic E-state index is 0.0218. The van der Waals surface area contributed by atoms with E-state index >= 15 is 0 Å². The number of carbonyl (C=O) groups excluding carboxylic acids is 2. The highest BCUT2D eigenvalue weighted by molar-refractivity contribution is 7.94. The molecule has 0 aliphatic carbocycles. The van der Waals surface area contributed by atoms with E-state index in [2.05, 4.69) is 5.32 Å². The number of halogens is 1. The number of nitrogens with one attached hydrogen (secondary N) is 1. The third kappa shape index (κ3) is 5.11. The van der Waals surface area contributed by atoms with Crippen molar-refractivity contribution in [3.05, 3.63) is 77.4 Å². The Morgan fingerprint density at radius 1 is 1.03 bits per heavy atom. The molecule has 1 saturated heterocycles. The maximum Gasteiger partial charge on any atom is 0.274 e. The largest absolute Gasteiger partial charge is 0.378 e. The van der Waals surface area contributed by atoms with Crippen molar-refractivity contribution in [1.82, 2.24) is 4.90 Å². The highest BCUT2D eigenvalue weighted by Crippen LogP contribution is 2.28. The number of morpholine rings is 1. The van der Waals surface area contributed by atoms with Gasteiger partial charge in [-0.15, -0.1) is 11.3 Å². The molecule has 1 N–H and O–H groups in total. The van der Waals surface area contributed by atoms with Gasteiger partial charge in [0.05, 0.1) is 30.2 Å². The minimum atomic E-state index is -4.20. The molecule has 1 aliphatic rings. The summed E-state index contributed by atoms with van der Waals surface area (Å²) in [6.07, 6.45) is 0. The Bertz CT molecular complexity index is 1280. The van der Waals surface area contributed by atoms with Crippen molar-refractivity contribution in [2.45, 2.75) is 4.21 Å². The van der Waals surface area contributed by atoms with E-state index in [9.17, 15) is 22.4 Å². The molecule has 0 unspecified atom stereocenters. The van der Waals surface area contributed by atoms with Crippen LogP contribution < -0.4 is 9.62 Å². The van der Waals surface area contributed by atoms with Crippen LogP contribution in [0, 0.1) is 5.82 Å². The highest BCUT2D eigenvalue weighted by atomic mass is 32.2. The summed E-state index contributed by atoms with van der Waals surface area (Å²) in [4.78, 5) is 27.6. The van der Waals surface area contributed by atoms with Gasteiger partial charge in [0, 0.05) is 13.1 Å². The zero-order valence-electron chi connectivity index (χ0n) is 18.0. The third-order valence-corrected chi connectivity index (χ3v) is 8.31. The van der Waals surface area contributed by atoms with Crippen LogP contribution in [0.2, 0.25) is 0 Å². The number of anilines is 2. The molecule has 4 rings (SSSR count). The number of sulfonamides is 1. The molecule has 0 bridgehead atoms. The van der Waals surface area contributed by atoms with Gasteiger partial charge in [-0.25, -0.2) is 12.8 Å². The first-order valence-corrected chi connectivity index (χ1v) is 12.8. The molecule has 0 atom stereocenters. The summed E-state index contributed by atoms with van der Waals surface area (Å²) in [5.74, 6) is -1.76. The number of ether oxygens (including phenoxy) is 1. The summed E-state index contributed by atoms with van der Waals surface area (Å²) in [6.45, 7) is 1.04. The van der Waals surface area contributed by atoms with Gasteiger partial charge in [-0.2, -0.15) is 0 Å². The first-order valence-electron chi connectivity index (χ1n) is 10.4. The molecule has 1 fully saturated rings. The van der Waals surface area contributed by atoms with Crippen molar-refractivity contribution in [2.75, 3.05) is 42.5 Å². The van der Waals surface area contributed by atoms with Gasteiger partial charge in [0.1, 0.15) is 16.6 Å². The fourth-order valence-electron chi connectivity index (χ4n) is 3.51. The number of carbonyl (C=O) groups is 2. The maximum atomic E-state index is 14.6. The monoisotopic (exact) mass is 503 g/mol. The van der Waals surface area contributed by atoms with Gasteiger partial charge < -0.3 is 15.0 Å². The number of hydrogen-bond donors (Lipinski definition) is 1. The standard InChI is InChI=1S/C23H22FN3O5S2/c24-18-7-2-4-9-20(18)27(34(30,31)22-10-5-15-33-22)16-21(28)25-19-8-3-1-6-17(19)23(29)26-11-13-32-14-12-26/h1-10,15H,11-14,16H2,(H,25,28). The van der Waals surface area contributed by atoms with E-state index < -0.39 is 28.3 Å². The Hall–Kier alpha value is -3.28. The zero-order valence-corrected chi connectivity index (χ0v) is 19.6. The van der Waals surface area contributed by atoms with Gasteiger partial charge >= 0.3 is 0 Å². The number of hydrogen-bond acceptors (Lipinski definition) is 6. The van der Waals surface area contributed by atoms with E-state index in [0.29, 0.717) is 26.3 Å². The predicted molar refractivity (Wildman–Crippen MR) is 127 cm³/mol. The molecule has 1 aliphatic heterocycles. The molecule has 2 heterocycles. The molecule has 2 amide bonds. The van der Waals surface area contributed by atoms with Crippen LogP contribution in [0.25, 0.3) is 0 Å². The Morgan fingerprint density at radius 2 is 1.74 bits per heavy atom. The first kappa shape index (κ1) is 23.9. The van der Waals surface area contributed by atoms with Crippen LogP contribution in [0.5, 0.6) is 0 Å². The molecular formula is C23H22FN3O5S2. The smallest absolute Gasteiger partial charge is 0.274 e.